The Kier molecular flexibility index (Phi) is 7.35. The Hall–Kier alpha value is -0.800. The van der Waals surface area contributed by atoms with Crippen LogP contribution >= 0.6 is 0 Å². The molecule has 0 aromatic rings. The van der Waals surface area contributed by atoms with Gasteiger partial charge < -0.3 is 16.0 Å². The molecule has 1 unspecified atom stereocenters. The summed E-state index contributed by atoms with van der Waals surface area (Å²) in [6, 6.07) is 0.119. The first kappa shape index (κ1) is 12.2. The highest BCUT2D eigenvalue weighted by Crippen LogP contribution is 1.90. The Balaban J connectivity index is 3.60. The van der Waals surface area contributed by atoms with Gasteiger partial charge in [0.25, 0.3) is 0 Å². The number of rotatable bonds is 6. The number of hydrogen-bond donors (Lipinski definition) is 2. The molecule has 0 saturated carbocycles. The van der Waals surface area contributed by atoms with Gasteiger partial charge >= 0.3 is 0 Å². The summed E-state index contributed by atoms with van der Waals surface area (Å²) in [5, 5.41) is 3.08. The molecule has 0 bridgehead atoms. The van der Waals surface area contributed by atoms with E-state index in [1.807, 2.05) is 44.4 Å². The molecule has 0 amide bonds. The summed E-state index contributed by atoms with van der Waals surface area (Å²) >= 11 is 0. The molecule has 0 radical (unpaired) electrons. The lowest BCUT2D eigenvalue weighted by Crippen LogP contribution is -2.12. The topological polar surface area (TPSA) is 41.3 Å². The zero-order valence-corrected chi connectivity index (χ0v) is 8.83. The zero-order chi connectivity index (χ0) is 10.1. The predicted octanol–water partition coefficient (Wildman–Crippen LogP) is 0.902. The van der Waals surface area contributed by atoms with E-state index < -0.39 is 0 Å². The highest BCUT2D eigenvalue weighted by atomic mass is 15.0. The molecule has 0 aliphatic rings. The molecular weight excluding hydrogens is 162 g/mol. The molecule has 0 fully saturated rings. The van der Waals surface area contributed by atoms with Crippen molar-refractivity contribution in [2.75, 3.05) is 20.6 Å². The minimum absolute atomic E-state index is 0.119. The van der Waals surface area contributed by atoms with Gasteiger partial charge in [0.05, 0.1) is 0 Å². The van der Waals surface area contributed by atoms with Gasteiger partial charge in [0.15, 0.2) is 0 Å². The van der Waals surface area contributed by atoms with Gasteiger partial charge in [-0.25, -0.2) is 0 Å². The third-order valence-corrected chi connectivity index (χ3v) is 1.53. The van der Waals surface area contributed by atoms with E-state index in [0.29, 0.717) is 0 Å². The summed E-state index contributed by atoms with van der Waals surface area (Å²) in [5.74, 6) is 0. The normalized spacial score (nSPS) is 14.2. The van der Waals surface area contributed by atoms with Crippen LogP contribution in [-0.2, 0) is 0 Å². The highest BCUT2D eigenvalue weighted by Gasteiger charge is 1.85. The van der Waals surface area contributed by atoms with Gasteiger partial charge in [0.2, 0.25) is 0 Å². The zero-order valence-electron chi connectivity index (χ0n) is 8.83. The Morgan fingerprint density at radius 2 is 2.15 bits per heavy atom. The van der Waals surface area contributed by atoms with Crippen LogP contribution in [0.1, 0.15) is 13.3 Å². The Morgan fingerprint density at radius 3 is 2.69 bits per heavy atom. The third-order valence-electron chi connectivity index (χ3n) is 1.53. The van der Waals surface area contributed by atoms with E-state index in [4.69, 9.17) is 5.73 Å². The fraction of sp³-hybridized carbons (Fsp3) is 0.600. The molecule has 76 valence electrons. The van der Waals surface area contributed by atoms with E-state index in [2.05, 4.69) is 11.4 Å². The molecule has 0 saturated heterocycles. The Bertz CT molecular complexity index is 162. The lowest BCUT2D eigenvalue weighted by atomic mass is 10.3. The molecule has 0 heterocycles. The molecule has 0 aromatic carbocycles. The van der Waals surface area contributed by atoms with E-state index in [-0.39, 0.29) is 6.04 Å². The van der Waals surface area contributed by atoms with Crippen LogP contribution < -0.4 is 11.1 Å². The summed E-state index contributed by atoms with van der Waals surface area (Å²) in [4.78, 5) is 2.00. The van der Waals surface area contributed by atoms with E-state index in [0.717, 1.165) is 13.0 Å². The van der Waals surface area contributed by atoms with Gasteiger partial charge in [-0.2, -0.15) is 0 Å². The van der Waals surface area contributed by atoms with Crippen molar-refractivity contribution in [1.29, 1.82) is 0 Å². The average Bonchev–Trinajstić information content (AvgIpc) is 2.09. The maximum absolute atomic E-state index is 5.57. The molecule has 3 heteroatoms. The molecule has 0 rings (SSSR count). The number of hydrogen-bond acceptors (Lipinski definition) is 3. The first-order chi connectivity index (χ1) is 6.16. The van der Waals surface area contributed by atoms with Crippen molar-refractivity contribution in [3.05, 3.63) is 24.6 Å². The first-order valence-electron chi connectivity index (χ1n) is 4.64. The molecule has 3 nitrogen and oxygen atoms in total. The highest BCUT2D eigenvalue weighted by molar-refractivity contribution is 4.93. The quantitative estimate of drug-likeness (QED) is 0.601. The molecule has 0 spiro atoms. The van der Waals surface area contributed by atoms with Crippen LogP contribution in [0.4, 0.5) is 0 Å². The van der Waals surface area contributed by atoms with Crippen LogP contribution in [0, 0.1) is 0 Å². The van der Waals surface area contributed by atoms with Crippen molar-refractivity contribution in [3.63, 3.8) is 0 Å². The van der Waals surface area contributed by atoms with Crippen LogP contribution in [0.2, 0.25) is 0 Å². The number of nitrogens with one attached hydrogen (secondary N) is 1. The fourth-order valence-corrected chi connectivity index (χ4v) is 0.790. The summed E-state index contributed by atoms with van der Waals surface area (Å²) in [7, 11) is 3.95. The van der Waals surface area contributed by atoms with Crippen LogP contribution in [0.5, 0.6) is 0 Å². The van der Waals surface area contributed by atoms with Gasteiger partial charge in [0.1, 0.15) is 0 Å². The molecule has 0 aliphatic heterocycles. The fourth-order valence-electron chi connectivity index (χ4n) is 0.790. The largest absolute Gasteiger partial charge is 0.358 e. The van der Waals surface area contributed by atoms with E-state index >= 15 is 0 Å². The van der Waals surface area contributed by atoms with Crippen LogP contribution in [0.25, 0.3) is 0 Å². The van der Waals surface area contributed by atoms with Gasteiger partial charge in [-0.05, 0) is 33.1 Å². The van der Waals surface area contributed by atoms with Crippen molar-refractivity contribution in [1.82, 2.24) is 10.2 Å². The maximum atomic E-state index is 5.57. The predicted molar refractivity (Wildman–Crippen MR) is 58.2 cm³/mol. The summed E-state index contributed by atoms with van der Waals surface area (Å²) < 4.78 is 0. The molecular formula is C10H21N3. The first-order valence-corrected chi connectivity index (χ1v) is 4.64. The van der Waals surface area contributed by atoms with Crippen molar-refractivity contribution >= 4 is 0 Å². The van der Waals surface area contributed by atoms with Crippen LogP contribution in [-0.4, -0.2) is 31.6 Å². The summed E-state index contributed by atoms with van der Waals surface area (Å²) in [6.07, 6.45) is 9.15. The Labute approximate surface area is 81.3 Å². The lowest BCUT2D eigenvalue weighted by molar-refractivity contribution is 0.614. The smallest absolute Gasteiger partial charge is 0.0212 e. The van der Waals surface area contributed by atoms with Gasteiger partial charge in [-0.1, -0.05) is 12.2 Å². The molecule has 1 atom stereocenters. The Morgan fingerprint density at radius 1 is 1.46 bits per heavy atom. The van der Waals surface area contributed by atoms with E-state index in [1.54, 1.807) is 0 Å². The minimum Gasteiger partial charge on any atom is -0.358 e. The number of nitrogens with two attached hydrogens (primary N) is 1. The second-order valence-electron chi connectivity index (χ2n) is 3.14. The minimum atomic E-state index is 0.119. The summed E-state index contributed by atoms with van der Waals surface area (Å²) in [6.45, 7) is 2.97. The second-order valence-corrected chi connectivity index (χ2v) is 3.14. The lowest BCUT2D eigenvalue weighted by Gasteiger charge is -2.07. The van der Waals surface area contributed by atoms with Crippen molar-refractivity contribution in [2.24, 2.45) is 5.73 Å². The molecule has 0 aromatic heterocycles. The van der Waals surface area contributed by atoms with Crippen molar-refractivity contribution in [3.8, 4) is 0 Å². The van der Waals surface area contributed by atoms with E-state index in [9.17, 15) is 0 Å². The SMILES string of the molecule is CNCC/C=C\N(C)/C=C/C(C)N. The average molecular weight is 183 g/mol. The number of nitrogens with zero attached hydrogens (tertiary/aromatic N) is 1. The molecule has 0 aliphatic carbocycles. The van der Waals surface area contributed by atoms with Gasteiger partial charge in [-0.3, -0.25) is 0 Å². The molecule has 13 heavy (non-hydrogen) atoms. The summed E-state index contributed by atoms with van der Waals surface area (Å²) in [5.41, 5.74) is 5.57. The van der Waals surface area contributed by atoms with Crippen LogP contribution in [0.3, 0.4) is 0 Å². The standard InChI is InChI=1S/C10H21N3/c1-10(11)6-9-13(3)8-5-4-7-12-2/h5-6,8-10,12H,4,7,11H2,1-3H3/b8-5-,9-6+. The second kappa shape index (κ2) is 7.83. The third kappa shape index (κ3) is 9.11. The van der Waals surface area contributed by atoms with Gasteiger partial charge in [0, 0.05) is 19.3 Å². The monoisotopic (exact) mass is 183 g/mol. The maximum Gasteiger partial charge on any atom is 0.0212 e. The van der Waals surface area contributed by atoms with Crippen molar-refractivity contribution < 1.29 is 0 Å². The van der Waals surface area contributed by atoms with E-state index in [1.165, 1.54) is 0 Å². The van der Waals surface area contributed by atoms with Crippen LogP contribution in [0.15, 0.2) is 24.6 Å². The molecule has 3 N–H and O–H groups in total. The van der Waals surface area contributed by atoms with Crippen molar-refractivity contribution in [2.45, 2.75) is 19.4 Å². The van der Waals surface area contributed by atoms with Gasteiger partial charge in [-0.15, -0.1) is 0 Å².